The quantitative estimate of drug-likeness (QED) is 0.688. The number of amides is 4. The van der Waals surface area contributed by atoms with Crippen LogP contribution in [0.1, 0.15) is 20.8 Å². The van der Waals surface area contributed by atoms with Crippen LogP contribution in [0.25, 0.3) is 0 Å². The van der Waals surface area contributed by atoms with E-state index in [1.165, 1.54) is 4.90 Å². The molecule has 4 aliphatic rings. The number of hydrogen-bond donors (Lipinski definition) is 1. The van der Waals surface area contributed by atoms with Gasteiger partial charge in [-0.3, -0.25) is 9.59 Å². The second-order valence-electron chi connectivity index (χ2n) is 9.31. The van der Waals surface area contributed by atoms with Crippen LogP contribution >= 0.6 is 0 Å². The third-order valence-corrected chi connectivity index (χ3v) is 6.03. The van der Waals surface area contributed by atoms with Crippen LogP contribution in [0.3, 0.4) is 0 Å². The van der Waals surface area contributed by atoms with Gasteiger partial charge in [0.1, 0.15) is 5.60 Å². The normalized spacial score (nSPS) is 35.1. The molecule has 4 aliphatic heterocycles. The first kappa shape index (κ1) is 18.3. The van der Waals surface area contributed by atoms with Crippen molar-refractivity contribution in [1.29, 1.82) is 0 Å². The molecule has 8 nitrogen and oxygen atoms in total. The molecule has 27 heavy (non-hydrogen) atoms. The molecule has 2 unspecified atom stereocenters. The molecule has 2 bridgehead atoms. The monoisotopic (exact) mass is 376 g/mol. The minimum Gasteiger partial charge on any atom is -0.360 e. The Morgan fingerprint density at radius 3 is 2.44 bits per heavy atom. The van der Waals surface area contributed by atoms with E-state index in [1.54, 1.807) is 4.90 Å². The fraction of sp³-hybridized carbons (Fsp3) is 0.737. The predicted octanol–water partition coefficient (Wildman–Crippen LogP) is 0.0374. The Morgan fingerprint density at radius 1 is 1.22 bits per heavy atom. The maximum atomic E-state index is 13.3. The third kappa shape index (κ3) is 2.90. The summed E-state index contributed by atoms with van der Waals surface area (Å²) < 4.78 is 6.18. The summed E-state index contributed by atoms with van der Waals surface area (Å²) in [6.07, 6.45) is 3.59. The fourth-order valence-electron chi connectivity index (χ4n) is 4.92. The largest absolute Gasteiger partial charge is 0.360 e. The maximum Gasteiger partial charge on any atom is 0.314 e. The first-order chi connectivity index (χ1) is 12.6. The standard InChI is InChI=1S/C19H28N4O4/c1-18(2,3)10-23-11-19-5-4-12(27-19)13(14(19)16(23)25)15(24)21-6-8-22(9-7-21)17(20)26/h4-5,12-14H,6-11H2,1-3H3,(H2,20,26)/t12-,13?,14?,19-/m1/s1. The van der Waals surface area contributed by atoms with Gasteiger partial charge in [-0.2, -0.15) is 0 Å². The van der Waals surface area contributed by atoms with Crippen molar-refractivity contribution in [3.05, 3.63) is 12.2 Å². The second-order valence-corrected chi connectivity index (χ2v) is 9.31. The van der Waals surface area contributed by atoms with Crippen LogP contribution in [-0.4, -0.2) is 83.5 Å². The van der Waals surface area contributed by atoms with Crippen LogP contribution in [0.2, 0.25) is 0 Å². The molecule has 0 aromatic carbocycles. The van der Waals surface area contributed by atoms with Gasteiger partial charge in [-0.05, 0) is 5.41 Å². The van der Waals surface area contributed by atoms with Gasteiger partial charge in [0, 0.05) is 32.7 Å². The van der Waals surface area contributed by atoms with Crippen LogP contribution in [-0.2, 0) is 14.3 Å². The molecule has 0 aliphatic carbocycles. The highest BCUT2D eigenvalue weighted by Gasteiger charge is 2.67. The summed E-state index contributed by atoms with van der Waals surface area (Å²) in [7, 11) is 0. The van der Waals surface area contributed by atoms with Gasteiger partial charge in [0.15, 0.2) is 0 Å². The van der Waals surface area contributed by atoms with Crippen molar-refractivity contribution in [3.63, 3.8) is 0 Å². The van der Waals surface area contributed by atoms with E-state index in [2.05, 4.69) is 20.8 Å². The lowest BCUT2D eigenvalue weighted by Crippen LogP contribution is -2.55. The summed E-state index contributed by atoms with van der Waals surface area (Å²) in [6.45, 7) is 9.18. The highest BCUT2D eigenvalue weighted by molar-refractivity contribution is 5.93. The van der Waals surface area contributed by atoms with Crippen molar-refractivity contribution in [3.8, 4) is 0 Å². The van der Waals surface area contributed by atoms with Crippen molar-refractivity contribution in [1.82, 2.24) is 14.7 Å². The number of fused-ring (bicyclic) bond motifs is 1. The number of carbonyl (C=O) groups is 3. The number of primary amides is 1. The minimum atomic E-state index is -0.664. The smallest absolute Gasteiger partial charge is 0.314 e. The SMILES string of the molecule is CC(C)(C)CN1C[C@@]23C=C[C@@H](O2)C(C(=O)N2CCN(C(N)=O)CC2)C3C1=O. The van der Waals surface area contributed by atoms with Crippen molar-refractivity contribution >= 4 is 17.8 Å². The molecule has 4 amide bonds. The Labute approximate surface area is 159 Å². The van der Waals surface area contributed by atoms with Crippen LogP contribution < -0.4 is 5.73 Å². The Balaban J connectivity index is 1.51. The van der Waals surface area contributed by atoms with E-state index < -0.39 is 23.5 Å². The Bertz CT molecular complexity index is 707. The zero-order chi connectivity index (χ0) is 19.6. The van der Waals surface area contributed by atoms with E-state index >= 15 is 0 Å². The maximum absolute atomic E-state index is 13.3. The number of nitrogens with two attached hydrogens (primary N) is 1. The summed E-state index contributed by atoms with van der Waals surface area (Å²) in [5.41, 5.74) is 4.64. The lowest BCUT2D eigenvalue weighted by Gasteiger charge is -2.36. The molecule has 4 heterocycles. The van der Waals surface area contributed by atoms with Crippen molar-refractivity contribution in [2.24, 2.45) is 23.0 Å². The molecule has 0 saturated carbocycles. The van der Waals surface area contributed by atoms with Gasteiger partial charge in [0.25, 0.3) is 0 Å². The van der Waals surface area contributed by atoms with E-state index in [1.807, 2.05) is 17.1 Å². The summed E-state index contributed by atoms with van der Waals surface area (Å²) in [5, 5.41) is 0. The van der Waals surface area contributed by atoms with Gasteiger partial charge in [-0.1, -0.05) is 32.9 Å². The molecule has 2 N–H and O–H groups in total. The van der Waals surface area contributed by atoms with E-state index in [0.717, 1.165) is 0 Å². The summed E-state index contributed by atoms with van der Waals surface area (Å²) in [5.74, 6) is -0.957. The van der Waals surface area contributed by atoms with Crippen molar-refractivity contribution in [2.75, 3.05) is 39.3 Å². The number of ether oxygens (including phenoxy) is 1. The second kappa shape index (κ2) is 5.95. The van der Waals surface area contributed by atoms with E-state index in [4.69, 9.17) is 10.5 Å². The number of likely N-dealkylation sites (tertiary alicyclic amines) is 1. The van der Waals surface area contributed by atoms with Crippen LogP contribution in [0.4, 0.5) is 4.79 Å². The molecule has 1 spiro atoms. The number of carbonyl (C=O) groups excluding carboxylic acids is 3. The molecule has 8 heteroatoms. The van der Waals surface area contributed by atoms with Gasteiger partial charge in [-0.25, -0.2) is 4.79 Å². The van der Waals surface area contributed by atoms with Crippen LogP contribution in [0.5, 0.6) is 0 Å². The number of nitrogens with zero attached hydrogens (tertiary/aromatic N) is 3. The summed E-state index contributed by atoms with van der Waals surface area (Å²) in [6, 6.07) is -0.462. The topological polar surface area (TPSA) is 96.2 Å². The predicted molar refractivity (Wildman–Crippen MR) is 97.5 cm³/mol. The number of hydrogen-bond acceptors (Lipinski definition) is 4. The zero-order valence-electron chi connectivity index (χ0n) is 16.2. The summed E-state index contributed by atoms with van der Waals surface area (Å²) in [4.78, 5) is 42.8. The molecular formula is C19H28N4O4. The summed E-state index contributed by atoms with van der Waals surface area (Å²) >= 11 is 0. The van der Waals surface area contributed by atoms with E-state index in [9.17, 15) is 14.4 Å². The number of piperazine rings is 1. The Morgan fingerprint density at radius 2 is 1.85 bits per heavy atom. The first-order valence-electron chi connectivity index (χ1n) is 9.60. The molecule has 3 saturated heterocycles. The number of urea groups is 1. The Hall–Kier alpha value is -2.09. The average molecular weight is 376 g/mol. The van der Waals surface area contributed by atoms with Crippen molar-refractivity contribution in [2.45, 2.75) is 32.5 Å². The first-order valence-corrected chi connectivity index (χ1v) is 9.60. The number of rotatable bonds is 2. The zero-order valence-corrected chi connectivity index (χ0v) is 16.2. The lowest BCUT2D eigenvalue weighted by molar-refractivity contribution is -0.144. The third-order valence-electron chi connectivity index (χ3n) is 6.03. The van der Waals surface area contributed by atoms with E-state index in [-0.39, 0.29) is 23.3 Å². The van der Waals surface area contributed by atoms with E-state index in [0.29, 0.717) is 39.3 Å². The molecule has 4 rings (SSSR count). The van der Waals surface area contributed by atoms with Gasteiger partial charge < -0.3 is 25.2 Å². The molecular weight excluding hydrogens is 348 g/mol. The van der Waals surface area contributed by atoms with Gasteiger partial charge in [0.2, 0.25) is 11.8 Å². The van der Waals surface area contributed by atoms with Gasteiger partial charge in [-0.15, -0.1) is 0 Å². The Kier molecular flexibility index (Phi) is 4.03. The van der Waals surface area contributed by atoms with Crippen LogP contribution in [0, 0.1) is 17.3 Å². The van der Waals surface area contributed by atoms with Crippen molar-refractivity contribution < 1.29 is 19.1 Å². The molecule has 0 aromatic rings. The molecule has 3 fully saturated rings. The van der Waals surface area contributed by atoms with Gasteiger partial charge >= 0.3 is 6.03 Å². The molecule has 148 valence electrons. The highest BCUT2D eigenvalue weighted by Crippen LogP contribution is 2.52. The molecule has 0 aromatic heterocycles. The fourth-order valence-corrected chi connectivity index (χ4v) is 4.92. The lowest BCUT2D eigenvalue weighted by atomic mass is 9.76. The minimum absolute atomic E-state index is 0.0166. The molecule has 0 radical (unpaired) electrons. The van der Waals surface area contributed by atoms with Gasteiger partial charge in [0.05, 0.1) is 24.5 Å². The average Bonchev–Trinajstić information content (AvgIpc) is 3.21. The molecule has 4 atom stereocenters. The van der Waals surface area contributed by atoms with Crippen LogP contribution in [0.15, 0.2) is 12.2 Å². The highest BCUT2D eigenvalue weighted by atomic mass is 16.5.